The minimum atomic E-state index is -0.277. The van der Waals surface area contributed by atoms with Crippen LogP contribution in [0.1, 0.15) is 28.9 Å². The minimum Gasteiger partial charge on any atom is -0.293 e. The molecule has 0 spiro atoms. The lowest BCUT2D eigenvalue weighted by atomic mass is 10.1. The van der Waals surface area contributed by atoms with Gasteiger partial charge in [-0.15, -0.1) is 11.3 Å². The summed E-state index contributed by atoms with van der Waals surface area (Å²) in [5.41, 5.74) is 0.974. The molecule has 0 saturated carbocycles. The molecule has 0 aliphatic rings. The van der Waals surface area contributed by atoms with Gasteiger partial charge in [0.15, 0.2) is 5.78 Å². The van der Waals surface area contributed by atoms with Gasteiger partial charge in [0, 0.05) is 11.6 Å². The summed E-state index contributed by atoms with van der Waals surface area (Å²) in [5, 5.41) is 0. The molecule has 1 unspecified atom stereocenters. The Morgan fingerprint density at radius 1 is 1.38 bits per heavy atom. The molecule has 0 saturated heterocycles. The topological polar surface area (TPSA) is 20.3 Å². The summed E-state index contributed by atoms with van der Waals surface area (Å²) in [6.07, 6.45) is 0. The van der Waals surface area contributed by atoms with Crippen molar-refractivity contribution in [2.24, 2.45) is 0 Å². The zero-order valence-electron chi connectivity index (χ0n) is 11.6. The molecule has 0 aliphatic heterocycles. The van der Waals surface area contributed by atoms with Crippen molar-refractivity contribution < 1.29 is 9.18 Å². The molecule has 0 amide bonds. The summed E-state index contributed by atoms with van der Waals surface area (Å²) in [5.74, 6) is -0.408. The highest BCUT2D eigenvalue weighted by molar-refractivity contribution is 7.20. The Labute approximate surface area is 137 Å². The number of carbonyl (C=O) groups is 1. The fourth-order valence-electron chi connectivity index (χ4n) is 2.03. The van der Waals surface area contributed by atoms with Gasteiger partial charge in [0.2, 0.25) is 0 Å². The summed E-state index contributed by atoms with van der Waals surface area (Å²) < 4.78 is 14.6. The highest BCUT2D eigenvalue weighted by Gasteiger charge is 2.20. The first-order valence-electron chi connectivity index (χ1n) is 6.33. The SMILES string of the molecule is CC(c1ccccc1F)N(C)CC(=O)c1cc(Cl)sc1Cl. The van der Waals surface area contributed by atoms with Crippen LogP contribution in [-0.2, 0) is 0 Å². The van der Waals surface area contributed by atoms with Crippen molar-refractivity contribution in [3.05, 3.63) is 55.9 Å². The number of likely N-dealkylation sites (N-methyl/N-ethyl adjacent to an activating group) is 1. The van der Waals surface area contributed by atoms with Crippen molar-refractivity contribution in [2.45, 2.75) is 13.0 Å². The van der Waals surface area contributed by atoms with E-state index in [4.69, 9.17) is 23.2 Å². The molecule has 0 N–H and O–H groups in total. The Hall–Kier alpha value is -0.940. The monoisotopic (exact) mass is 345 g/mol. The Bertz CT molecular complexity index is 659. The van der Waals surface area contributed by atoms with Crippen molar-refractivity contribution in [3.8, 4) is 0 Å². The molecular weight excluding hydrogens is 332 g/mol. The Kier molecular flexibility index (Phi) is 5.38. The van der Waals surface area contributed by atoms with Crippen LogP contribution in [0, 0.1) is 5.82 Å². The predicted molar refractivity (Wildman–Crippen MR) is 86.1 cm³/mol. The van der Waals surface area contributed by atoms with Gasteiger partial charge in [-0.2, -0.15) is 0 Å². The van der Waals surface area contributed by atoms with Crippen LogP contribution in [0.2, 0.25) is 8.67 Å². The van der Waals surface area contributed by atoms with E-state index in [0.29, 0.717) is 19.8 Å². The first-order valence-corrected chi connectivity index (χ1v) is 7.90. The van der Waals surface area contributed by atoms with E-state index in [-0.39, 0.29) is 24.2 Å². The van der Waals surface area contributed by atoms with E-state index in [1.807, 2.05) is 6.92 Å². The fraction of sp³-hybridized carbons (Fsp3) is 0.267. The number of hydrogen-bond donors (Lipinski definition) is 0. The number of ketones is 1. The molecule has 2 nitrogen and oxygen atoms in total. The lowest BCUT2D eigenvalue weighted by Gasteiger charge is -2.24. The van der Waals surface area contributed by atoms with E-state index in [2.05, 4.69) is 0 Å². The summed E-state index contributed by atoms with van der Waals surface area (Å²) in [4.78, 5) is 14.0. The predicted octanol–water partition coefficient (Wildman–Crippen LogP) is 5.07. The van der Waals surface area contributed by atoms with E-state index in [9.17, 15) is 9.18 Å². The molecule has 1 heterocycles. The second kappa shape index (κ2) is 6.88. The molecule has 1 atom stereocenters. The number of halogens is 3. The first kappa shape index (κ1) is 16.4. The maximum atomic E-state index is 13.8. The largest absolute Gasteiger partial charge is 0.293 e. The molecule has 1 aromatic carbocycles. The molecule has 2 rings (SSSR count). The van der Waals surface area contributed by atoms with Gasteiger partial charge in [0.1, 0.15) is 10.2 Å². The molecule has 0 fully saturated rings. The average molecular weight is 346 g/mol. The number of benzene rings is 1. The average Bonchev–Trinajstić information content (AvgIpc) is 2.77. The highest BCUT2D eigenvalue weighted by Crippen LogP contribution is 2.32. The van der Waals surface area contributed by atoms with Crippen LogP contribution < -0.4 is 0 Å². The Balaban J connectivity index is 2.11. The van der Waals surface area contributed by atoms with Crippen molar-refractivity contribution in [3.63, 3.8) is 0 Å². The van der Waals surface area contributed by atoms with Crippen molar-refractivity contribution in [1.82, 2.24) is 4.90 Å². The molecule has 1 aromatic heterocycles. The number of rotatable bonds is 5. The fourth-order valence-corrected chi connectivity index (χ4v) is 3.53. The summed E-state index contributed by atoms with van der Waals surface area (Å²) in [6.45, 7) is 2.00. The minimum absolute atomic E-state index is 0.131. The van der Waals surface area contributed by atoms with Gasteiger partial charge < -0.3 is 0 Å². The molecule has 112 valence electrons. The number of Topliss-reactive ketones (excluding diaryl/α,β-unsaturated/α-hetero) is 1. The maximum Gasteiger partial charge on any atom is 0.179 e. The van der Waals surface area contributed by atoms with Crippen LogP contribution in [0.15, 0.2) is 30.3 Å². The molecule has 0 aliphatic carbocycles. The summed E-state index contributed by atoms with van der Waals surface area (Å²) in [6, 6.07) is 7.90. The Morgan fingerprint density at radius 2 is 2.05 bits per heavy atom. The van der Waals surface area contributed by atoms with Crippen LogP contribution in [-0.4, -0.2) is 24.3 Å². The first-order chi connectivity index (χ1) is 9.90. The van der Waals surface area contributed by atoms with E-state index in [0.717, 1.165) is 11.3 Å². The quantitative estimate of drug-likeness (QED) is 0.705. The van der Waals surface area contributed by atoms with Crippen LogP contribution in [0.5, 0.6) is 0 Å². The number of nitrogens with zero attached hydrogens (tertiary/aromatic N) is 1. The van der Waals surface area contributed by atoms with Gasteiger partial charge >= 0.3 is 0 Å². The van der Waals surface area contributed by atoms with Gasteiger partial charge in [0.05, 0.1) is 16.4 Å². The van der Waals surface area contributed by atoms with Crippen molar-refractivity contribution >= 4 is 40.3 Å². The van der Waals surface area contributed by atoms with Gasteiger partial charge in [-0.25, -0.2) is 4.39 Å². The lowest BCUT2D eigenvalue weighted by Crippen LogP contribution is -2.29. The van der Waals surface area contributed by atoms with Crippen molar-refractivity contribution in [2.75, 3.05) is 13.6 Å². The van der Waals surface area contributed by atoms with Gasteiger partial charge in [0.25, 0.3) is 0 Å². The zero-order valence-corrected chi connectivity index (χ0v) is 13.9. The third kappa shape index (κ3) is 3.83. The maximum absolute atomic E-state index is 13.8. The summed E-state index contributed by atoms with van der Waals surface area (Å²) >= 11 is 13.0. The van der Waals surface area contributed by atoms with E-state index < -0.39 is 0 Å². The van der Waals surface area contributed by atoms with E-state index >= 15 is 0 Å². The van der Waals surface area contributed by atoms with E-state index in [1.54, 1.807) is 36.2 Å². The third-order valence-corrected chi connectivity index (χ3v) is 4.85. The highest BCUT2D eigenvalue weighted by atomic mass is 35.5. The van der Waals surface area contributed by atoms with Crippen LogP contribution in [0.4, 0.5) is 4.39 Å². The number of thiophene rings is 1. The van der Waals surface area contributed by atoms with Gasteiger partial charge in [-0.05, 0) is 26.1 Å². The van der Waals surface area contributed by atoms with Gasteiger partial charge in [-0.1, -0.05) is 41.4 Å². The second-order valence-corrected chi connectivity index (χ2v) is 7.06. The van der Waals surface area contributed by atoms with Crippen LogP contribution in [0.25, 0.3) is 0 Å². The molecule has 6 heteroatoms. The third-order valence-electron chi connectivity index (χ3n) is 3.37. The smallest absolute Gasteiger partial charge is 0.179 e. The lowest BCUT2D eigenvalue weighted by molar-refractivity contribution is 0.0924. The molecule has 0 radical (unpaired) electrons. The standard InChI is InChI=1S/C15H14Cl2FNOS/c1-9(10-5-3-4-6-12(10)18)19(2)8-13(20)11-7-14(16)21-15(11)17/h3-7,9H,8H2,1-2H3. The van der Waals surface area contributed by atoms with Crippen molar-refractivity contribution in [1.29, 1.82) is 0 Å². The number of hydrogen-bond acceptors (Lipinski definition) is 3. The number of carbonyl (C=O) groups excluding carboxylic acids is 1. The molecule has 0 bridgehead atoms. The summed E-state index contributed by atoms with van der Waals surface area (Å²) in [7, 11) is 1.77. The Morgan fingerprint density at radius 3 is 2.62 bits per heavy atom. The molecular formula is C15H14Cl2FNOS. The van der Waals surface area contributed by atoms with Gasteiger partial charge in [-0.3, -0.25) is 9.69 Å². The normalized spacial score (nSPS) is 12.7. The van der Waals surface area contributed by atoms with Crippen LogP contribution in [0.3, 0.4) is 0 Å². The second-order valence-electron chi connectivity index (χ2n) is 4.77. The zero-order chi connectivity index (χ0) is 15.6. The van der Waals surface area contributed by atoms with Crippen LogP contribution >= 0.6 is 34.5 Å². The molecule has 21 heavy (non-hydrogen) atoms. The molecule has 2 aromatic rings. The van der Waals surface area contributed by atoms with E-state index in [1.165, 1.54) is 6.07 Å².